The number of nitro benzene ring substituents is 1. The number of nitro groups is 1. The van der Waals surface area contributed by atoms with Gasteiger partial charge in [0.1, 0.15) is 5.36 Å². The minimum atomic E-state index is -0.788. The molecular formula is C12H14N4O3. The monoisotopic (exact) mass is 262 g/mol. The summed E-state index contributed by atoms with van der Waals surface area (Å²) >= 11 is 0. The van der Waals surface area contributed by atoms with Crippen molar-refractivity contribution in [3.05, 3.63) is 38.2 Å². The minimum Gasteiger partial charge on any atom is -0.621 e. The summed E-state index contributed by atoms with van der Waals surface area (Å²) in [6.45, 7) is 0. The second-order valence-corrected chi connectivity index (χ2v) is 5.07. The lowest BCUT2D eigenvalue weighted by atomic mass is 9.90. The summed E-state index contributed by atoms with van der Waals surface area (Å²) in [5.74, 6) is 0. The van der Waals surface area contributed by atoms with Gasteiger partial charge in [-0.05, 0) is 18.9 Å². The topological polar surface area (TPSA) is 108 Å². The molecule has 100 valence electrons. The highest BCUT2D eigenvalue weighted by molar-refractivity contribution is 5.57. The van der Waals surface area contributed by atoms with E-state index < -0.39 is 10.6 Å². The fourth-order valence-electron chi connectivity index (χ4n) is 2.96. The van der Waals surface area contributed by atoms with E-state index in [2.05, 4.69) is 4.99 Å². The molecule has 0 aromatic heterocycles. The molecule has 0 atom stereocenters. The van der Waals surface area contributed by atoms with Gasteiger partial charge in [-0.25, -0.2) is 4.99 Å². The summed E-state index contributed by atoms with van der Waals surface area (Å²) in [5.41, 5.74) is 4.67. The number of nitrogens with two attached hydrogens (primary N) is 1. The van der Waals surface area contributed by atoms with Crippen LogP contribution in [0.3, 0.4) is 0 Å². The fourth-order valence-corrected chi connectivity index (χ4v) is 2.96. The molecule has 2 N–H and O–H groups in total. The lowest BCUT2D eigenvalue weighted by Gasteiger charge is -2.28. The van der Waals surface area contributed by atoms with Gasteiger partial charge in [0.05, 0.1) is 4.92 Å². The molecule has 1 aliphatic carbocycles. The summed E-state index contributed by atoms with van der Waals surface area (Å²) < 4.78 is 0.795. The van der Waals surface area contributed by atoms with Gasteiger partial charge in [0.2, 0.25) is 0 Å². The average Bonchev–Trinajstić information content (AvgIpc) is 2.64. The van der Waals surface area contributed by atoms with Gasteiger partial charge in [-0.3, -0.25) is 10.1 Å². The second-order valence-electron chi connectivity index (χ2n) is 5.07. The van der Waals surface area contributed by atoms with Crippen molar-refractivity contribution in [2.24, 2.45) is 4.99 Å². The molecule has 0 radical (unpaired) electrons. The van der Waals surface area contributed by atoms with Crippen molar-refractivity contribution in [1.29, 1.82) is 0 Å². The molecule has 1 fully saturated rings. The molecule has 1 spiro atoms. The van der Waals surface area contributed by atoms with E-state index in [4.69, 9.17) is 5.73 Å². The van der Waals surface area contributed by atoms with Gasteiger partial charge >= 0.3 is 0 Å². The van der Waals surface area contributed by atoms with E-state index in [0.717, 1.165) is 24.0 Å². The van der Waals surface area contributed by atoms with Crippen LogP contribution < -0.4 is 21.2 Å². The van der Waals surface area contributed by atoms with Crippen molar-refractivity contribution in [2.75, 3.05) is 5.73 Å². The van der Waals surface area contributed by atoms with Crippen LogP contribution in [0, 0.1) is 15.3 Å². The van der Waals surface area contributed by atoms with Crippen LogP contribution in [-0.4, -0.2) is 10.6 Å². The second kappa shape index (κ2) is 3.91. The van der Waals surface area contributed by atoms with Gasteiger partial charge in [0, 0.05) is 18.9 Å². The summed E-state index contributed by atoms with van der Waals surface area (Å²) in [4.78, 5) is 14.8. The van der Waals surface area contributed by atoms with E-state index >= 15 is 0 Å². The Morgan fingerprint density at radius 1 is 1.32 bits per heavy atom. The van der Waals surface area contributed by atoms with Crippen molar-refractivity contribution in [3.63, 3.8) is 0 Å². The smallest absolute Gasteiger partial charge is 0.299 e. The highest BCUT2D eigenvalue weighted by Crippen LogP contribution is 2.32. The number of rotatable bonds is 1. The minimum absolute atomic E-state index is 0.0799. The Kier molecular flexibility index (Phi) is 2.44. The molecule has 1 aromatic rings. The Balaban J connectivity index is 2.27. The van der Waals surface area contributed by atoms with Crippen LogP contribution >= 0.6 is 0 Å². The van der Waals surface area contributed by atoms with E-state index in [1.807, 2.05) is 0 Å². The number of fused-ring (bicyclic) bond motifs is 1. The molecule has 1 aliphatic heterocycles. The molecule has 0 bridgehead atoms. The molecule has 0 amide bonds. The zero-order valence-electron chi connectivity index (χ0n) is 10.3. The molecule has 3 rings (SSSR count). The molecule has 2 aliphatic rings. The van der Waals surface area contributed by atoms with E-state index in [1.165, 1.54) is 12.1 Å². The lowest BCUT2D eigenvalue weighted by molar-refractivity contribution is -0.384. The Morgan fingerprint density at radius 2 is 2.00 bits per heavy atom. The Morgan fingerprint density at radius 3 is 2.63 bits per heavy atom. The zero-order chi connectivity index (χ0) is 13.6. The van der Waals surface area contributed by atoms with E-state index in [9.17, 15) is 15.3 Å². The maximum absolute atomic E-state index is 12.5. The van der Waals surface area contributed by atoms with Crippen LogP contribution in [0.5, 0.6) is 0 Å². The first-order valence-electron chi connectivity index (χ1n) is 6.32. The van der Waals surface area contributed by atoms with Gasteiger partial charge < -0.3 is 10.9 Å². The van der Waals surface area contributed by atoms with Crippen molar-refractivity contribution in [1.82, 2.24) is 4.74 Å². The van der Waals surface area contributed by atoms with Crippen LogP contribution in [0.2, 0.25) is 0 Å². The maximum Gasteiger partial charge on any atom is 0.299 e. The predicted molar refractivity (Wildman–Crippen MR) is 68.7 cm³/mol. The van der Waals surface area contributed by atoms with Gasteiger partial charge in [-0.1, -0.05) is 6.42 Å². The van der Waals surface area contributed by atoms with Crippen molar-refractivity contribution >= 4 is 11.4 Å². The molecule has 1 saturated carbocycles. The average molecular weight is 262 g/mol. The summed E-state index contributed by atoms with van der Waals surface area (Å²) in [7, 11) is 0. The normalized spacial score (nSPS) is 20.1. The van der Waals surface area contributed by atoms with Crippen molar-refractivity contribution in [2.45, 2.75) is 37.8 Å². The van der Waals surface area contributed by atoms with E-state index in [1.54, 1.807) is 0 Å². The number of anilines is 1. The van der Waals surface area contributed by atoms with Crippen molar-refractivity contribution < 1.29 is 4.92 Å². The van der Waals surface area contributed by atoms with Crippen LogP contribution in [0.25, 0.3) is 0 Å². The number of hydrogen-bond donors (Lipinski definition) is 1. The quantitative estimate of drug-likeness (QED) is 0.261. The Hall–Kier alpha value is -2.18. The predicted octanol–water partition coefficient (Wildman–Crippen LogP) is 0.459. The molecule has 0 unspecified atom stereocenters. The summed E-state index contributed by atoms with van der Waals surface area (Å²) in [6.07, 6.45) is 4.34. The van der Waals surface area contributed by atoms with Crippen LogP contribution in [0.15, 0.2) is 17.1 Å². The first-order valence-corrected chi connectivity index (χ1v) is 6.32. The van der Waals surface area contributed by atoms with E-state index in [-0.39, 0.29) is 16.7 Å². The molecular weight excluding hydrogens is 248 g/mol. The largest absolute Gasteiger partial charge is 0.621 e. The number of hydrogen-bond acceptors (Lipinski definition) is 5. The van der Waals surface area contributed by atoms with Crippen LogP contribution in [0.1, 0.15) is 32.1 Å². The van der Waals surface area contributed by atoms with E-state index in [0.29, 0.717) is 18.2 Å². The molecule has 7 heteroatoms. The first-order chi connectivity index (χ1) is 9.05. The lowest BCUT2D eigenvalue weighted by Crippen LogP contribution is -2.45. The first kappa shape index (κ1) is 11.9. The highest BCUT2D eigenvalue weighted by atomic mass is 16.6. The summed E-state index contributed by atoms with van der Waals surface area (Å²) in [5, 5.41) is 24.0. The SMILES string of the molecule is Nc1c([N+](=O)[O-])ccc2c1=[N+]([O-])C1(CCCCC1)N=2. The van der Waals surface area contributed by atoms with Crippen LogP contribution in [-0.2, 0) is 0 Å². The zero-order valence-corrected chi connectivity index (χ0v) is 10.3. The third kappa shape index (κ3) is 1.57. The standard InChI is InChI=1S/C12H14N4O3/c13-10-9(16(18)19)5-4-8-11(10)15(17)12(14-8)6-2-1-3-7-12/h4-5H,1-3,6-7,13H2. The molecule has 0 saturated heterocycles. The summed E-state index contributed by atoms with van der Waals surface area (Å²) in [6, 6.07) is 2.82. The Bertz CT molecular complexity index is 677. The van der Waals surface area contributed by atoms with Gasteiger partial charge in [-0.2, -0.15) is 4.74 Å². The Labute approximate surface area is 108 Å². The molecule has 7 nitrogen and oxygen atoms in total. The number of benzene rings is 1. The number of nitrogen functional groups attached to an aromatic ring is 1. The number of nitrogens with zero attached hydrogens (tertiary/aromatic N) is 3. The van der Waals surface area contributed by atoms with Gasteiger partial charge in [0.25, 0.3) is 16.7 Å². The third-order valence-corrected chi connectivity index (χ3v) is 3.93. The fraction of sp³-hybridized carbons (Fsp3) is 0.500. The maximum atomic E-state index is 12.5. The molecule has 1 heterocycles. The number of hydroxylamine groups is 1. The third-order valence-electron chi connectivity index (χ3n) is 3.93. The highest BCUT2D eigenvalue weighted by Gasteiger charge is 2.44. The van der Waals surface area contributed by atoms with Gasteiger partial charge in [0.15, 0.2) is 5.69 Å². The van der Waals surface area contributed by atoms with Crippen molar-refractivity contribution in [3.8, 4) is 0 Å². The van der Waals surface area contributed by atoms with Gasteiger partial charge in [-0.15, -0.1) is 0 Å². The molecule has 19 heavy (non-hydrogen) atoms. The molecule has 1 aromatic carbocycles. The van der Waals surface area contributed by atoms with Crippen LogP contribution in [0.4, 0.5) is 11.4 Å².